The second kappa shape index (κ2) is 7.16. The lowest BCUT2D eigenvalue weighted by atomic mass is 10.1. The first-order valence-corrected chi connectivity index (χ1v) is 7.70. The van der Waals surface area contributed by atoms with Crippen molar-refractivity contribution in [1.29, 1.82) is 0 Å². The molecule has 2 rings (SSSR count). The molecule has 0 unspecified atom stereocenters. The average molecular weight is 343 g/mol. The van der Waals surface area contributed by atoms with Gasteiger partial charge in [-0.05, 0) is 52.0 Å². The Morgan fingerprint density at radius 3 is 1.92 bits per heavy atom. The second-order valence-corrected chi connectivity index (χ2v) is 6.60. The first-order valence-electron chi connectivity index (χ1n) is 7.70. The molecular weight excluding hydrogens is 322 g/mol. The number of rotatable bonds is 3. The fraction of sp³-hybridized carbons (Fsp3) is 0.294. The number of hydrogen-bond donors (Lipinski definition) is 4. The van der Waals surface area contributed by atoms with Gasteiger partial charge in [0.25, 0.3) is 17.7 Å². The molecule has 0 saturated carbocycles. The zero-order valence-electron chi connectivity index (χ0n) is 14.6. The molecule has 0 aliphatic rings. The van der Waals surface area contributed by atoms with E-state index in [4.69, 9.17) is 0 Å². The summed E-state index contributed by atoms with van der Waals surface area (Å²) >= 11 is 0. The van der Waals surface area contributed by atoms with E-state index in [0.717, 1.165) is 0 Å². The minimum absolute atomic E-state index is 0.219. The summed E-state index contributed by atoms with van der Waals surface area (Å²) in [4.78, 5) is 36.0. The first kappa shape index (κ1) is 18.2. The molecule has 3 amide bonds. The molecule has 8 heteroatoms. The van der Waals surface area contributed by atoms with Crippen molar-refractivity contribution in [3.63, 3.8) is 0 Å². The molecule has 132 valence electrons. The highest BCUT2D eigenvalue weighted by molar-refractivity contribution is 6.00. The summed E-state index contributed by atoms with van der Waals surface area (Å²) in [6.45, 7) is 7.36. The summed E-state index contributed by atoms with van der Waals surface area (Å²) < 4.78 is 0. The van der Waals surface area contributed by atoms with Crippen molar-refractivity contribution in [2.45, 2.75) is 33.2 Å². The van der Waals surface area contributed by atoms with E-state index < -0.39 is 11.8 Å². The van der Waals surface area contributed by atoms with E-state index in [2.05, 4.69) is 26.4 Å². The van der Waals surface area contributed by atoms with Gasteiger partial charge >= 0.3 is 0 Å². The third-order valence-corrected chi connectivity index (χ3v) is 3.26. The van der Waals surface area contributed by atoms with Crippen LogP contribution < -0.4 is 16.2 Å². The number of carbonyl (C=O) groups excluding carboxylic acids is 3. The van der Waals surface area contributed by atoms with E-state index in [-0.39, 0.29) is 11.4 Å². The van der Waals surface area contributed by atoms with Crippen LogP contribution in [0.5, 0.6) is 0 Å². The molecule has 0 fully saturated rings. The van der Waals surface area contributed by atoms with Gasteiger partial charge in [0.15, 0.2) is 0 Å². The Bertz CT molecular complexity index is 787. The molecule has 0 aliphatic carbocycles. The van der Waals surface area contributed by atoms with Gasteiger partial charge in [-0.25, -0.2) is 0 Å². The smallest absolute Gasteiger partial charge is 0.273 e. The number of benzene rings is 1. The minimum Gasteiger partial charge on any atom is -0.347 e. The van der Waals surface area contributed by atoms with Gasteiger partial charge in [-0.15, -0.1) is 0 Å². The van der Waals surface area contributed by atoms with Crippen LogP contribution >= 0.6 is 0 Å². The number of aromatic nitrogens is 2. The van der Waals surface area contributed by atoms with Crippen LogP contribution in [0.4, 0.5) is 0 Å². The van der Waals surface area contributed by atoms with Gasteiger partial charge in [0.05, 0.1) is 11.8 Å². The standard InChI is InChI=1S/C17H21N5O3/c1-10-13(9-18-20-10)16(25)22-21-15(24)12-7-5-11(6-8-12)14(23)19-17(2,3)4/h5-9H,1-4H3,(H,18,20)(H,19,23)(H,21,24)(H,22,25). The number of nitrogens with one attached hydrogen (secondary N) is 4. The van der Waals surface area contributed by atoms with Gasteiger partial charge in [0.1, 0.15) is 0 Å². The zero-order chi connectivity index (χ0) is 18.6. The normalized spacial score (nSPS) is 10.9. The summed E-state index contributed by atoms with van der Waals surface area (Å²) in [5.74, 6) is -1.18. The van der Waals surface area contributed by atoms with Crippen molar-refractivity contribution in [2.24, 2.45) is 0 Å². The minimum atomic E-state index is -0.489. The Morgan fingerprint density at radius 2 is 1.44 bits per heavy atom. The second-order valence-electron chi connectivity index (χ2n) is 6.60. The number of amides is 3. The van der Waals surface area contributed by atoms with Crippen LogP contribution in [-0.4, -0.2) is 33.5 Å². The highest BCUT2D eigenvalue weighted by Crippen LogP contribution is 2.07. The number of carbonyl (C=O) groups is 3. The summed E-state index contributed by atoms with van der Waals surface area (Å²) in [7, 11) is 0. The maximum Gasteiger partial charge on any atom is 0.273 e. The van der Waals surface area contributed by atoms with Crippen LogP contribution in [-0.2, 0) is 0 Å². The van der Waals surface area contributed by atoms with Crippen molar-refractivity contribution in [2.75, 3.05) is 0 Å². The van der Waals surface area contributed by atoms with Crippen LogP contribution in [0, 0.1) is 6.92 Å². The van der Waals surface area contributed by atoms with Crippen molar-refractivity contribution < 1.29 is 14.4 Å². The van der Waals surface area contributed by atoms with E-state index in [9.17, 15) is 14.4 Å². The summed E-state index contributed by atoms with van der Waals surface area (Å²) in [5, 5.41) is 9.22. The van der Waals surface area contributed by atoms with Crippen molar-refractivity contribution in [1.82, 2.24) is 26.4 Å². The van der Waals surface area contributed by atoms with Gasteiger partial charge in [0.2, 0.25) is 0 Å². The topological polar surface area (TPSA) is 116 Å². The Morgan fingerprint density at radius 1 is 0.920 bits per heavy atom. The largest absolute Gasteiger partial charge is 0.347 e. The lowest BCUT2D eigenvalue weighted by Crippen LogP contribution is -2.42. The predicted octanol–water partition coefficient (Wildman–Crippen LogP) is 1.32. The predicted molar refractivity (Wildman–Crippen MR) is 91.9 cm³/mol. The quantitative estimate of drug-likeness (QED) is 0.629. The van der Waals surface area contributed by atoms with Crippen LogP contribution in [0.2, 0.25) is 0 Å². The van der Waals surface area contributed by atoms with Crippen LogP contribution in [0.3, 0.4) is 0 Å². The van der Waals surface area contributed by atoms with Gasteiger partial charge < -0.3 is 5.32 Å². The Labute approximate surface area is 145 Å². The van der Waals surface area contributed by atoms with Gasteiger partial charge in [0, 0.05) is 22.4 Å². The molecule has 0 radical (unpaired) electrons. The molecule has 0 saturated heterocycles. The van der Waals surface area contributed by atoms with E-state index in [0.29, 0.717) is 22.4 Å². The molecule has 0 bridgehead atoms. The number of H-pyrrole nitrogens is 1. The third kappa shape index (κ3) is 4.90. The first-order chi connectivity index (χ1) is 11.7. The molecule has 0 spiro atoms. The number of hydrogen-bond acceptors (Lipinski definition) is 4. The molecular formula is C17H21N5O3. The number of hydrazine groups is 1. The summed E-state index contributed by atoms with van der Waals surface area (Å²) in [6.07, 6.45) is 1.37. The monoisotopic (exact) mass is 343 g/mol. The highest BCUT2D eigenvalue weighted by atomic mass is 16.2. The molecule has 4 N–H and O–H groups in total. The molecule has 0 atom stereocenters. The van der Waals surface area contributed by atoms with E-state index >= 15 is 0 Å². The van der Waals surface area contributed by atoms with Gasteiger partial charge in [-0.2, -0.15) is 5.10 Å². The average Bonchev–Trinajstić information content (AvgIpc) is 2.97. The van der Waals surface area contributed by atoms with Crippen molar-refractivity contribution in [3.8, 4) is 0 Å². The van der Waals surface area contributed by atoms with Gasteiger partial charge in [-0.1, -0.05) is 0 Å². The molecule has 25 heavy (non-hydrogen) atoms. The highest BCUT2D eigenvalue weighted by Gasteiger charge is 2.16. The maximum absolute atomic E-state index is 12.1. The molecule has 1 aromatic heterocycles. The van der Waals surface area contributed by atoms with E-state index in [1.54, 1.807) is 19.1 Å². The zero-order valence-corrected chi connectivity index (χ0v) is 14.6. The van der Waals surface area contributed by atoms with Crippen LogP contribution in [0.1, 0.15) is 57.5 Å². The Hall–Kier alpha value is -3.16. The molecule has 2 aromatic rings. The molecule has 1 heterocycles. The number of nitrogens with zero attached hydrogens (tertiary/aromatic N) is 1. The van der Waals surface area contributed by atoms with Gasteiger partial charge in [-0.3, -0.25) is 30.3 Å². The Balaban J connectivity index is 1.95. The van der Waals surface area contributed by atoms with E-state index in [1.807, 2.05) is 20.8 Å². The fourth-order valence-electron chi connectivity index (χ4n) is 2.02. The van der Waals surface area contributed by atoms with Crippen molar-refractivity contribution in [3.05, 3.63) is 52.8 Å². The van der Waals surface area contributed by atoms with Crippen LogP contribution in [0.15, 0.2) is 30.5 Å². The molecule has 1 aromatic carbocycles. The third-order valence-electron chi connectivity index (χ3n) is 3.26. The number of aryl methyl sites for hydroxylation is 1. The lowest BCUT2D eigenvalue weighted by molar-refractivity contribution is 0.0846. The van der Waals surface area contributed by atoms with Crippen LogP contribution in [0.25, 0.3) is 0 Å². The fourth-order valence-corrected chi connectivity index (χ4v) is 2.02. The molecule has 8 nitrogen and oxygen atoms in total. The van der Waals surface area contributed by atoms with Crippen molar-refractivity contribution >= 4 is 17.7 Å². The lowest BCUT2D eigenvalue weighted by Gasteiger charge is -2.20. The Kier molecular flexibility index (Phi) is 5.21. The number of aromatic amines is 1. The SMILES string of the molecule is Cc1[nH]ncc1C(=O)NNC(=O)c1ccc(C(=O)NC(C)(C)C)cc1. The maximum atomic E-state index is 12.1. The summed E-state index contributed by atoms with van der Waals surface area (Å²) in [5.41, 5.74) is 6.00. The van der Waals surface area contributed by atoms with E-state index in [1.165, 1.54) is 18.3 Å². The molecule has 0 aliphatic heterocycles. The summed E-state index contributed by atoms with van der Waals surface area (Å²) in [6, 6.07) is 6.14.